The van der Waals surface area contributed by atoms with Gasteiger partial charge >= 0.3 is 0 Å². The predicted molar refractivity (Wildman–Crippen MR) is 115 cm³/mol. The van der Waals surface area contributed by atoms with Crippen molar-refractivity contribution in [1.82, 2.24) is 5.32 Å². The average Bonchev–Trinajstić information content (AvgIpc) is 2.60. The zero-order chi connectivity index (χ0) is 20.5. The number of nitrogens with one attached hydrogen (secondary N) is 2. The molecule has 1 saturated heterocycles. The molecule has 2 aromatic carbocycles. The maximum absolute atomic E-state index is 12.9. The highest BCUT2D eigenvalue weighted by atomic mass is 35.5. The van der Waals surface area contributed by atoms with Crippen LogP contribution in [0.1, 0.15) is 13.8 Å². The SMILES string of the molecule is COc1ccc(N2C[C@@H](C)N[C@@H](C)C2)cc1NS(=O)(=O)c1c(Cl)cccc1Cl. The first-order valence-corrected chi connectivity index (χ1v) is 11.1. The molecule has 0 aliphatic carbocycles. The summed E-state index contributed by atoms with van der Waals surface area (Å²) in [5.41, 5.74) is 1.23. The molecule has 1 aliphatic rings. The molecule has 1 aliphatic heterocycles. The first kappa shape index (κ1) is 21.0. The normalized spacial score (nSPS) is 20.1. The highest BCUT2D eigenvalue weighted by Crippen LogP contribution is 2.35. The molecule has 2 aromatic rings. The highest BCUT2D eigenvalue weighted by molar-refractivity contribution is 7.93. The number of hydrogen-bond acceptors (Lipinski definition) is 5. The third kappa shape index (κ3) is 4.49. The van der Waals surface area contributed by atoms with E-state index >= 15 is 0 Å². The fraction of sp³-hybridized carbons (Fsp3) is 0.368. The van der Waals surface area contributed by atoms with Crippen molar-refractivity contribution in [3.05, 3.63) is 46.4 Å². The minimum absolute atomic E-state index is 0.0554. The van der Waals surface area contributed by atoms with Crippen LogP contribution in [-0.2, 0) is 10.0 Å². The summed E-state index contributed by atoms with van der Waals surface area (Å²) in [6.07, 6.45) is 0. The zero-order valence-corrected chi connectivity index (χ0v) is 18.2. The van der Waals surface area contributed by atoms with Crippen LogP contribution >= 0.6 is 23.2 Å². The van der Waals surface area contributed by atoms with Gasteiger partial charge in [-0.25, -0.2) is 8.42 Å². The number of sulfonamides is 1. The number of ether oxygens (including phenoxy) is 1. The molecule has 0 unspecified atom stereocenters. The Balaban J connectivity index is 1.97. The van der Waals surface area contributed by atoms with Gasteiger partial charge in [0.1, 0.15) is 10.6 Å². The van der Waals surface area contributed by atoms with Gasteiger partial charge in [0.25, 0.3) is 10.0 Å². The van der Waals surface area contributed by atoms with Crippen molar-refractivity contribution in [2.45, 2.75) is 30.8 Å². The predicted octanol–water partition coefficient (Wildman–Crippen LogP) is 3.99. The maximum atomic E-state index is 12.9. The number of benzene rings is 2. The molecule has 1 fully saturated rings. The number of anilines is 2. The van der Waals surface area contributed by atoms with Gasteiger partial charge in [-0.3, -0.25) is 4.72 Å². The van der Waals surface area contributed by atoms with E-state index in [1.807, 2.05) is 6.07 Å². The Morgan fingerprint density at radius 2 is 1.71 bits per heavy atom. The van der Waals surface area contributed by atoms with Crippen LogP contribution in [0.5, 0.6) is 5.75 Å². The van der Waals surface area contributed by atoms with Gasteiger partial charge in [0.2, 0.25) is 0 Å². The van der Waals surface area contributed by atoms with Gasteiger partial charge in [0.05, 0.1) is 22.8 Å². The summed E-state index contributed by atoms with van der Waals surface area (Å²) >= 11 is 12.2. The largest absolute Gasteiger partial charge is 0.495 e. The van der Waals surface area contributed by atoms with E-state index in [1.165, 1.54) is 19.2 Å². The number of methoxy groups -OCH3 is 1. The van der Waals surface area contributed by atoms with E-state index in [4.69, 9.17) is 27.9 Å². The van der Waals surface area contributed by atoms with E-state index in [-0.39, 0.29) is 14.9 Å². The highest BCUT2D eigenvalue weighted by Gasteiger charge is 2.25. The molecule has 0 radical (unpaired) electrons. The van der Waals surface area contributed by atoms with Crippen molar-refractivity contribution in [2.75, 3.05) is 29.8 Å². The third-order valence-corrected chi connectivity index (χ3v) is 6.86. The van der Waals surface area contributed by atoms with Crippen LogP contribution in [0.3, 0.4) is 0 Å². The van der Waals surface area contributed by atoms with E-state index < -0.39 is 10.0 Å². The van der Waals surface area contributed by atoms with Gasteiger partial charge < -0.3 is 15.0 Å². The van der Waals surface area contributed by atoms with Gasteiger partial charge in [-0.15, -0.1) is 0 Å². The number of nitrogens with zero attached hydrogens (tertiary/aromatic N) is 1. The van der Waals surface area contributed by atoms with Crippen LogP contribution in [0.25, 0.3) is 0 Å². The Hall–Kier alpha value is -1.67. The smallest absolute Gasteiger partial charge is 0.265 e. The maximum Gasteiger partial charge on any atom is 0.265 e. The third-order valence-electron chi connectivity index (χ3n) is 4.54. The standard InChI is InChI=1S/C19H23Cl2N3O3S/c1-12-10-24(11-13(2)22-12)14-7-8-18(27-3)17(9-14)23-28(25,26)19-15(20)5-4-6-16(19)21/h4-9,12-13,22-23H,10-11H2,1-3H3/t12-,13+. The second-order valence-corrected chi connectivity index (χ2v) is 9.35. The summed E-state index contributed by atoms with van der Waals surface area (Å²) in [7, 11) is -2.51. The minimum Gasteiger partial charge on any atom is -0.495 e. The van der Waals surface area contributed by atoms with Gasteiger partial charge in [0.15, 0.2) is 0 Å². The molecule has 1 heterocycles. The Bertz CT molecular complexity index is 939. The van der Waals surface area contributed by atoms with E-state index in [0.29, 0.717) is 23.5 Å². The first-order valence-electron chi connectivity index (χ1n) is 8.87. The fourth-order valence-electron chi connectivity index (χ4n) is 3.45. The van der Waals surface area contributed by atoms with Crippen LogP contribution in [0.15, 0.2) is 41.3 Å². The summed E-state index contributed by atoms with van der Waals surface area (Å²) in [5.74, 6) is 0.409. The van der Waals surface area contributed by atoms with Crippen LogP contribution in [0.2, 0.25) is 10.0 Å². The molecule has 3 rings (SSSR count). The molecule has 0 amide bonds. The summed E-state index contributed by atoms with van der Waals surface area (Å²) in [4.78, 5) is 2.06. The molecule has 2 atom stereocenters. The Kier molecular flexibility index (Phi) is 6.29. The van der Waals surface area contributed by atoms with Crippen LogP contribution in [0, 0.1) is 0 Å². The number of hydrogen-bond donors (Lipinski definition) is 2. The number of rotatable bonds is 5. The summed E-state index contributed by atoms with van der Waals surface area (Å²) in [5, 5.41) is 3.59. The first-order chi connectivity index (χ1) is 13.2. The molecule has 152 valence electrons. The van der Waals surface area contributed by atoms with E-state index in [1.54, 1.807) is 18.2 Å². The Morgan fingerprint density at radius 1 is 1.11 bits per heavy atom. The van der Waals surface area contributed by atoms with E-state index in [0.717, 1.165) is 18.8 Å². The molecule has 9 heteroatoms. The number of piperazine rings is 1. The van der Waals surface area contributed by atoms with Crippen molar-refractivity contribution in [2.24, 2.45) is 0 Å². The van der Waals surface area contributed by atoms with Gasteiger partial charge in [-0.05, 0) is 44.2 Å². The molecular weight excluding hydrogens is 421 g/mol. The second kappa shape index (κ2) is 8.37. The minimum atomic E-state index is -4.00. The van der Waals surface area contributed by atoms with E-state index in [2.05, 4.69) is 28.8 Å². The lowest BCUT2D eigenvalue weighted by atomic mass is 10.1. The van der Waals surface area contributed by atoms with Gasteiger partial charge in [0, 0.05) is 30.9 Å². The molecule has 6 nitrogen and oxygen atoms in total. The fourth-order valence-corrected chi connectivity index (χ4v) is 5.65. The number of halogens is 2. The van der Waals surface area contributed by atoms with Gasteiger partial charge in [-0.2, -0.15) is 0 Å². The van der Waals surface area contributed by atoms with E-state index in [9.17, 15) is 8.42 Å². The van der Waals surface area contributed by atoms with Crippen LogP contribution in [-0.4, -0.2) is 40.7 Å². The molecule has 28 heavy (non-hydrogen) atoms. The van der Waals surface area contributed by atoms with Crippen molar-refractivity contribution in [1.29, 1.82) is 0 Å². The zero-order valence-electron chi connectivity index (χ0n) is 15.9. The van der Waals surface area contributed by atoms with Crippen LogP contribution in [0.4, 0.5) is 11.4 Å². The molecule has 0 spiro atoms. The van der Waals surface area contributed by atoms with Gasteiger partial charge in [-0.1, -0.05) is 29.3 Å². The van der Waals surface area contributed by atoms with Crippen molar-refractivity contribution in [3.8, 4) is 5.75 Å². The molecule has 0 aromatic heterocycles. The monoisotopic (exact) mass is 443 g/mol. The van der Waals surface area contributed by atoms with Crippen molar-refractivity contribution < 1.29 is 13.2 Å². The quantitative estimate of drug-likeness (QED) is 0.730. The topological polar surface area (TPSA) is 70.7 Å². The van der Waals surface area contributed by atoms with Crippen LogP contribution < -0.4 is 19.7 Å². The molecule has 0 saturated carbocycles. The summed E-state index contributed by atoms with van der Waals surface area (Å²) in [6.45, 7) is 5.88. The van der Waals surface area contributed by atoms with Crippen molar-refractivity contribution >= 4 is 44.6 Å². The summed E-state index contributed by atoms with van der Waals surface area (Å²) < 4.78 is 33.8. The van der Waals surface area contributed by atoms with Crippen molar-refractivity contribution in [3.63, 3.8) is 0 Å². The molecule has 0 bridgehead atoms. The Morgan fingerprint density at radius 3 is 2.29 bits per heavy atom. The Labute approximate surface area is 175 Å². The average molecular weight is 444 g/mol. The second-order valence-electron chi connectivity index (χ2n) is 6.91. The lowest BCUT2D eigenvalue weighted by Gasteiger charge is -2.38. The lowest BCUT2D eigenvalue weighted by molar-refractivity contribution is 0.406. The molecule has 2 N–H and O–H groups in total. The lowest BCUT2D eigenvalue weighted by Crippen LogP contribution is -2.54. The summed E-state index contributed by atoms with van der Waals surface area (Å²) in [6, 6.07) is 10.7. The molecular formula is C19H23Cl2N3O3S.